The summed E-state index contributed by atoms with van der Waals surface area (Å²) in [6.45, 7) is 13.2. The molecular weight excluding hydrogens is 158 g/mol. The summed E-state index contributed by atoms with van der Waals surface area (Å²) in [4.78, 5) is 4.73. The first kappa shape index (κ1) is 12.7. The van der Waals surface area contributed by atoms with E-state index in [9.17, 15) is 0 Å². The molecule has 78 valence electrons. The van der Waals surface area contributed by atoms with Gasteiger partial charge in [0, 0.05) is 5.71 Å². The molecule has 0 aromatic heterocycles. The smallest absolute Gasteiger partial charge is 0.0523 e. The average Bonchev–Trinajstić information content (AvgIpc) is 2.00. The van der Waals surface area contributed by atoms with Gasteiger partial charge in [-0.2, -0.15) is 0 Å². The van der Waals surface area contributed by atoms with E-state index >= 15 is 0 Å². The first-order chi connectivity index (χ1) is 5.89. The normalized spacial score (nSPS) is 16.0. The zero-order valence-corrected chi connectivity index (χ0v) is 10.1. The Morgan fingerprint density at radius 3 is 2.08 bits per heavy atom. The molecule has 0 amide bonds. The second kappa shape index (κ2) is 5.41. The first-order valence-corrected chi connectivity index (χ1v) is 5.46. The third kappa shape index (κ3) is 6.80. The van der Waals surface area contributed by atoms with Gasteiger partial charge in [-0.3, -0.25) is 4.99 Å². The Bertz CT molecular complexity index is 162. The van der Waals surface area contributed by atoms with Gasteiger partial charge in [-0.05, 0) is 39.5 Å². The van der Waals surface area contributed by atoms with Crippen LogP contribution in [0.2, 0.25) is 0 Å². The molecule has 0 aliphatic rings. The minimum absolute atomic E-state index is 0.0960. The lowest BCUT2D eigenvalue weighted by molar-refractivity contribution is 0.554. The number of hydrogen-bond donors (Lipinski definition) is 0. The fraction of sp³-hybridized carbons (Fsp3) is 0.917. The molecular formula is C12H25N. The van der Waals surface area contributed by atoms with E-state index in [1.165, 1.54) is 18.6 Å². The van der Waals surface area contributed by atoms with Crippen LogP contribution in [0.25, 0.3) is 0 Å². The molecule has 1 heteroatoms. The minimum atomic E-state index is 0.0960. The molecule has 0 rings (SSSR count). The first-order valence-electron chi connectivity index (χ1n) is 5.46. The highest BCUT2D eigenvalue weighted by Crippen LogP contribution is 2.14. The van der Waals surface area contributed by atoms with Crippen molar-refractivity contribution in [2.45, 2.75) is 66.3 Å². The van der Waals surface area contributed by atoms with Gasteiger partial charge in [-0.1, -0.05) is 27.2 Å². The molecule has 13 heavy (non-hydrogen) atoms. The Morgan fingerprint density at radius 2 is 1.77 bits per heavy atom. The highest BCUT2D eigenvalue weighted by Gasteiger charge is 2.10. The molecule has 0 spiro atoms. The summed E-state index contributed by atoms with van der Waals surface area (Å²) in [6, 6.07) is 0. The van der Waals surface area contributed by atoms with E-state index in [2.05, 4.69) is 41.5 Å². The van der Waals surface area contributed by atoms with Gasteiger partial charge in [-0.15, -0.1) is 0 Å². The Labute approximate surface area is 83.6 Å². The van der Waals surface area contributed by atoms with Gasteiger partial charge in [0.1, 0.15) is 0 Å². The van der Waals surface area contributed by atoms with Crippen LogP contribution in [0.4, 0.5) is 0 Å². The van der Waals surface area contributed by atoms with Gasteiger partial charge >= 0.3 is 0 Å². The Hall–Kier alpha value is -0.330. The molecule has 1 nitrogen and oxygen atoms in total. The fourth-order valence-electron chi connectivity index (χ4n) is 1.29. The second-order valence-electron chi connectivity index (χ2n) is 4.92. The lowest BCUT2D eigenvalue weighted by Gasteiger charge is -2.17. The van der Waals surface area contributed by atoms with Gasteiger partial charge in [0.25, 0.3) is 0 Å². The quantitative estimate of drug-likeness (QED) is 0.583. The van der Waals surface area contributed by atoms with E-state index in [1.54, 1.807) is 0 Å². The van der Waals surface area contributed by atoms with Crippen LogP contribution in [0.5, 0.6) is 0 Å². The minimum Gasteiger partial charge on any atom is -0.288 e. The number of hydrogen-bond acceptors (Lipinski definition) is 1. The monoisotopic (exact) mass is 183 g/mol. The molecule has 0 aromatic rings. The second-order valence-corrected chi connectivity index (χ2v) is 4.92. The summed E-state index contributed by atoms with van der Waals surface area (Å²) < 4.78 is 0. The maximum absolute atomic E-state index is 4.73. The lowest BCUT2D eigenvalue weighted by atomic mass is 9.99. The van der Waals surface area contributed by atoms with Gasteiger partial charge in [-0.25, -0.2) is 0 Å². The third-order valence-corrected chi connectivity index (χ3v) is 2.18. The summed E-state index contributed by atoms with van der Waals surface area (Å²) in [6.07, 6.45) is 3.52. The average molecular weight is 183 g/mol. The van der Waals surface area contributed by atoms with Crippen molar-refractivity contribution in [1.82, 2.24) is 0 Å². The van der Waals surface area contributed by atoms with Gasteiger partial charge in [0.05, 0.1) is 5.54 Å². The highest BCUT2D eigenvalue weighted by atomic mass is 14.8. The molecule has 0 aromatic carbocycles. The van der Waals surface area contributed by atoms with Crippen LogP contribution in [-0.4, -0.2) is 11.3 Å². The topological polar surface area (TPSA) is 12.4 Å². The zero-order valence-electron chi connectivity index (χ0n) is 10.1. The van der Waals surface area contributed by atoms with E-state index in [0.29, 0.717) is 0 Å². The largest absolute Gasteiger partial charge is 0.288 e. The molecule has 1 unspecified atom stereocenters. The molecule has 0 N–H and O–H groups in total. The Balaban J connectivity index is 4.26. The predicted octanol–water partition coefficient (Wildman–Crippen LogP) is 4.07. The van der Waals surface area contributed by atoms with E-state index in [1.807, 2.05) is 0 Å². The van der Waals surface area contributed by atoms with Crippen LogP contribution in [-0.2, 0) is 0 Å². The number of rotatable bonds is 4. The zero-order chi connectivity index (χ0) is 10.5. The molecule has 0 fully saturated rings. The standard InChI is InChI=1S/C12H25N/c1-7-10(3)9-11(8-2)13-12(4,5)6/h10H,7-9H2,1-6H3/b13-11-. The third-order valence-electron chi connectivity index (χ3n) is 2.18. The summed E-state index contributed by atoms with van der Waals surface area (Å²) >= 11 is 0. The molecule has 0 saturated heterocycles. The van der Waals surface area contributed by atoms with Crippen LogP contribution in [0.15, 0.2) is 4.99 Å². The van der Waals surface area contributed by atoms with Gasteiger partial charge in [0.15, 0.2) is 0 Å². The Morgan fingerprint density at radius 1 is 1.23 bits per heavy atom. The van der Waals surface area contributed by atoms with Crippen molar-refractivity contribution in [2.75, 3.05) is 0 Å². The molecule has 0 aliphatic heterocycles. The van der Waals surface area contributed by atoms with E-state index in [-0.39, 0.29) is 5.54 Å². The maximum Gasteiger partial charge on any atom is 0.0523 e. The summed E-state index contributed by atoms with van der Waals surface area (Å²) in [5, 5.41) is 0. The molecule has 0 saturated carbocycles. The fourth-order valence-corrected chi connectivity index (χ4v) is 1.29. The van der Waals surface area contributed by atoms with Crippen molar-refractivity contribution >= 4 is 5.71 Å². The molecule has 0 heterocycles. The van der Waals surface area contributed by atoms with Crippen LogP contribution in [0, 0.1) is 5.92 Å². The highest BCUT2D eigenvalue weighted by molar-refractivity contribution is 5.84. The summed E-state index contributed by atoms with van der Waals surface area (Å²) in [5.74, 6) is 0.779. The summed E-state index contributed by atoms with van der Waals surface area (Å²) in [7, 11) is 0. The number of aliphatic imine (C=N–C) groups is 1. The summed E-state index contributed by atoms with van der Waals surface area (Å²) in [5.41, 5.74) is 1.47. The van der Waals surface area contributed by atoms with Crippen LogP contribution in [0.1, 0.15) is 60.8 Å². The van der Waals surface area contributed by atoms with Crippen molar-refractivity contribution in [2.24, 2.45) is 10.9 Å². The SMILES string of the molecule is CC/C(CC(C)CC)=N/C(C)(C)C. The van der Waals surface area contributed by atoms with Crippen molar-refractivity contribution in [1.29, 1.82) is 0 Å². The molecule has 1 atom stereocenters. The van der Waals surface area contributed by atoms with Crippen LogP contribution < -0.4 is 0 Å². The maximum atomic E-state index is 4.73. The van der Waals surface area contributed by atoms with E-state index < -0.39 is 0 Å². The predicted molar refractivity (Wildman–Crippen MR) is 61.6 cm³/mol. The van der Waals surface area contributed by atoms with Gasteiger partial charge < -0.3 is 0 Å². The van der Waals surface area contributed by atoms with E-state index in [4.69, 9.17) is 4.99 Å². The van der Waals surface area contributed by atoms with Gasteiger partial charge in [0.2, 0.25) is 0 Å². The van der Waals surface area contributed by atoms with Crippen molar-refractivity contribution < 1.29 is 0 Å². The lowest BCUT2D eigenvalue weighted by Crippen LogP contribution is -2.15. The molecule has 0 radical (unpaired) electrons. The van der Waals surface area contributed by atoms with Crippen LogP contribution in [0.3, 0.4) is 0 Å². The van der Waals surface area contributed by atoms with Crippen molar-refractivity contribution in [3.05, 3.63) is 0 Å². The molecule has 0 aliphatic carbocycles. The number of nitrogens with zero attached hydrogens (tertiary/aromatic N) is 1. The Kier molecular flexibility index (Phi) is 5.27. The van der Waals surface area contributed by atoms with Crippen molar-refractivity contribution in [3.63, 3.8) is 0 Å². The van der Waals surface area contributed by atoms with E-state index in [0.717, 1.165) is 12.3 Å². The van der Waals surface area contributed by atoms with Crippen LogP contribution >= 0.6 is 0 Å². The molecule has 0 bridgehead atoms. The van der Waals surface area contributed by atoms with Crippen molar-refractivity contribution in [3.8, 4) is 0 Å².